The molecule has 0 aliphatic heterocycles. The molecule has 0 unspecified atom stereocenters. The molecule has 2 rings (SSSR count). The first kappa shape index (κ1) is 12.6. The van der Waals surface area contributed by atoms with Crippen molar-refractivity contribution < 1.29 is 4.79 Å². The average molecular weight is 264 g/mol. The summed E-state index contributed by atoms with van der Waals surface area (Å²) in [6, 6.07) is 6.96. The van der Waals surface area contributed by atoms with E-state index in [-0.39, 0.29) is 5.91 Å². The molecule has 0 atom stereocenters. The molecule has 1 aromatic heterocycles. The van der Waals surface area contributed by atoms with E-state index in [1.807, 2.05) is 18.5 Å². The first-order valence-electron chi connectivity index (χ1n) is 5.71. The van der Waals surface area contributed by atoms with Gasteiger partial charge < -0.3 is 5.32 Å². The summed E-state index contributed by atoms with van der Waals surface area (Å²) in [7, 11) is 0. The van der Waals surface area contributed by atoms with Gasteiger partial charge in [0.2, 0.25) is 0 Å². The second-order valence-electron chi connectivity index (χ2n) is 3.89. The molecular weight excluding hydrogens is 250 g/mol. The highest BCUT2D eigenvalue weighted by molar-refractivity contribution is 6.34. The van der Waals surface area contributed by atoms with Crippen molar-refractivity contribution in [2.45, 2.75) is 20.4 Å². The Labute approximate surface area is 111 Å². The predicted molar refractivity (Wildman–Crippen MR) is 72.0 cm³/mol. The maximum absolute atomic E-state index is 12.1. The Balaban J connectivity index is 2.22. The Bertz CT molecular complexity index is 577. The van der Waals surface area contributed by atoms with Gasteiger partial charge in [0.05, 0.1) is 28.2 Å². The second kappa shape index (κ2) is 5.23. The molecule has 0 aliphatic rings. The number of aromatic nitrogens is 2. The fraction of sp³-hybridized carbons (Fsp3) is 0.231. The van der Waals surface area contributed by atoms with E-state index < -0.39 is 0 Å². The van der Waals surface area contributed by atoms with Gasteiger partial charge in [0.15, 0.2) is 0 Å². The number of nitrogens with zero attached hydrogens (tertiary/aromatic N) is 2. The number of rotatable bonds is 3. The summed E-state index contributed by atoms with van der Waals surface area (Å²) in [6.07, 6.45) is 1.65. The van der Waals surface area contributed by atoms with Crippen LogP contribution in [0.2, 0.25) is 5.02 Å². The maximum Gasteiger partial charge on any atom is 0.257 e. The van der Waals surface area contributed by atoms with Crippen LogP contribution in [-0.2, 0) is 6.54 Å². The van der Waals surface area contributed by atoms with Gasteiger partial charge in [-0.2, -0.15) is 5.10 Å². The molecule has 0 spiro atoms. The molecule has 1 heterocycles. The fourth-order valence-electron chi connectivity index (χ4n) is 1.72. The quantitative estimate of drug-likeness (QED) is 0.925. The van der Waals surface area contributed by atoms with Gasteiger partial charge in [-0.25, -0.2) is 0 Å². The van der Waals surface area contributed by atoms with Crippen molar-refractivity contribution in [1.29, 1.82) is 0 Å². The van der Waals surface area contributed by atoms with Crippen molar-refractivity contribution in [3.63, 3.8) is 0 Å². The molecule has 0 fully saturated rings. The van der Waals surface area contributed by atoms with Crippen LogP contribution < -0.4 is 5.32 Å². The third-order valence-electron chi connectivity index (χ3n) is 2.77. The normalized spacial score (nSPS) is 10.4. The average Bonchev–Trinajstić information content (AvgIpc) is 2.71. The van der Waals surface area contributed by atoms with Gasteiger partial charge in [0, 0.05) is 6.54 Å². The van der Waals surface area contributed by atoms with E-state index in [9.17, 15) is 4.79 Å². The first-order valence-corrected chi connectivity index (χ1v) is 6.09. The Hall–Kier alpha value is -1.81. The highest BCUT2D eigenvalue weighted by Gasteiger charge is 2.12. The van der Waals surface area contributed by atoms with E-state index in [2.05, 4.69) is 10.4 Å². The lowest BCUT2D eigenvalue weighted by Gasteiger charge is -2.06. The third kappa shape index (κ3) is 2.38. The summed E-state index contributed by atoms with van der Waals surface area (Å²) in [6.45, 7) is 4.69. The van der Waals surface area contributed by atoms with Gasteiger partial charge >= 0.3 is 0 Å². The van der Waals surface area contributed by atoms with E-state index in [0.29, 0.717) is 16.3 Å². The summed E-state index contributed by atoms with van der Waals surface area (Å²) in [4.78, 5) is 12.1. The smallest absolute Gasteiger partial charge is 0.257 e. The molecule has 2 aromatic rings. The molecular formula is C13H14ClN3O. The molecule has 18 heavy (non-hydrogen) atoms. The summed E-state index contributed by atoms with van der Waals surface area (Å²) >= 11 is 5.98. The monoisotopic (exact) mass is 263 g/mol. The molecule has 0 radical (unpaired) electrons. The molecule has 94 valence electrons. The van der Waals surface area contributed by atoms with E-state index in [1.54, 1.807) is 30.5 Å². The topological polar surface area (TPSA) is 46.9 Å². The second-order valence-corrected chi connectivity index (χ2v) is 4.30. The summed E-state index contributed by atoms with van der Waals surface area (Å²) in [5.74, 6) is -0.223. The summed E-state index contributed by atoms with van der Waals surface area (Å²) < 4.78 is 1.82. The number of halogens is 1. The number of amides is 1. The van der Waals surface area contributed by atoms with Crippen LogP contribution in [0.4, 0.5) is 5.69 Å². The van der Waals surface area contributed by atoms with Crippen LogP contribution in [-0.4, -0.2) is 15.7 Å². The minimum atomic E-state index is -0.223. The Morgan fingerprint density at radius 3 is 2.78 bits per heavy atom. The molecule has 0 saturated heterocycles. The minimum Gasteiger partial charge on any atom is -0.319 e. The highest BCUT2D eigenvalue weighted by atomic mass is 35.5. The van der Waals surface area contributed by atoms with Gasteiger partial charge in [-0.1, -0.05) is 23.7 Å². The first-order chi connectivity index (χ1) is 8.63. The van der Waals surface area contributed by atoms with Crippen LogP contribution in [0.1, 0.15) is 23.0 Å². The SMILES string of the molecule is CCn1ncc(NC(=O)c2ccccc2Cl)c1C. The number of anilines is 1. The van der Waals surface area contributed by atoms with Gasteiger partial charge in [-0.05, 0) is 26.0 Å². The van der Waals surface area contributed by atoms with Crippen molar-refractivity contribution in [3.05, 3.63) is 46.7 Å². The standard InChI is InChI=1S/C13H14ClN3O/c1-3-17-9(2)12(8-15-17)16-13(18)10-6-4-5-7-11(10)14/h4-8H,3H2,1-2H3,(H,16,18). The number of nitrogens with one attached hydrogen (secondary N) is 1. The largest absolute Gasteiger partial charge is 0.319 e. The number of carbonyl (C=O) groups excluding carboxylic acids is 1. The van der Waals surface area contributed by atoms with Crippen LogP contribution in [0, 0.1) is 6.92 Å². The van der Waals surface area contributed by atoms with Crippen molar-refractivity contribution in [3.8, 4) is 0 Å². The molecule has 5 heteroatoms. The summed E-state index contributed by atoms with van der Waals surface area (Å²) in [5.41, 5.74) is 2.10. The molecule has 4 nitrogen and oxygen atoms in total. The zero-order valence-corrected chi connectivity index (χ0v) is 11.0. The van der Waals surface area contributed by atoms with Gasteiger partial charge in [-0.3, -0.25) is 9.48 Å². The zero-order chi connectivity index (χ0) is 13.1. The Morgan fingerprint density at radius 2 is 2.17 bits per heavy atom. The highest BCUT2D eigenvalue weighted by Crippen LogP contribution is 2.19. The molecule has 0 bridgehead atoms. The summed E-state index contributed by atoms with van der Waals surface area (Å²) in [5, 5.41) is 7.43. The number of benzene rings is 1. The Kier molecular flexibility index (Phi) is 3.67. The van der Waals surface area contributed by atoms with Crippen molar-refractivity contribution in [1.82, 2.24) is 9.78 Å². The fourth-order valence-corrected chi connectivity index (χ4v) is 1.94. The zero-order valence-electron chi connectivity index (χ0n) is 10.3. The van der Waals surface area contributed by atoms with Crippen LogP contribution in [0.3, 0.4) is 0 Å². The van der Waals surface area contributed by atoms with Crippen molar-refractivity contribution >= 4 is 23.2 Å². The van der Waals surface area contributed by atoms with Crippen LogP contribution in [0.5, 0.6) is 0 Å². The Morgan fingerprint density at radius 1 is 1.44 bits per heavy atom. The van der Waals surface area contributed by atoms with E-state index in [0.717, 1.165) is 12.2 Å². The molecule has 1 N–H and O–H groups in total. The molecule has 1 amide bonds. The molecule has 0 aliphatic carbocycles. The van der Waals surface area contributed by atoms with Crippen LogP contribution in [0.15, 0.2) is 30.5 Å². The maximum atomic E-state index is 12.1. The number of aryl methyl sites for hydroxylation is 1. The van der Waals surface area contributed by atoms with Crippen LogP contribution in [0.25, 0.3) is 0 Å². The molecule has 0 saturated carbocycles. The van der Waals surface area contributed by atoms with E-state index in [4.69, 9.17) is 11.6 Å². The lowest BCUT2D eigenvalue weighted by atomic mass is 10.2. The lowest BCUT2D eigenvalue weighted by Crippen LogP contribution is -2.13. The third-order valence-corrected chi connectivity index (χ3v) is 3.10. The van der Waals surface area contributed by atoms with Gasteiger partial charge in [0.1, 0.15) is 0 Å². The predicted octanol–water partition coefficient (Wildman–Crippen LogP) is 3.12. The van der Waals surface area contributed by atoms with E-state index in [1.165, 1.54) is 0 Å². The van der Waals surface area contributed by atoms with Crippen molar-refractivity contribution in [2.24, 2.45) is 0 Å². The van der Waals surface area contributed by atoms with Crippen molar-refractivity contribution in [2.75, 3.05) is 5.32 Å². The number of hydrogen-bond acceptors (Lipinski definition) is 2. The minimum absolute atomic E-state index is 0.223. The lowest BCUT2D eigenvalue weighted by molar-refractivity contribution is 0.102. The number of carbonyl (C=O) groups is 1. The molecule has 1 aromatic carbocycles. The van der Waals surface area contributed by atoms with Crippen LogP contribution >= 0.6 is 11.6 Å². The van der Waals surface area contributed by atoms with Gasteiger partial charge in [0.25, 0.3) is 5.91 Å². The van der Waals surface area contributed by atoms with Gasteiger partial charge in [-0.15, -0.1) is 0 Å². The number of hydrogen-bond donors (Lipinski definition) is 1. The van der Waals surface area contributed by atoms with E-state index >= 15 is 0 Å².